The second kappa shape index (κ2) is 5.04. The van der Waals surface area contributed by atoms with E-state index in [-0.39, 0.29) is 10.6 Å². The third-order valence-corrected chi connectivity index (χ3v) is 3.74. The Kier molecular flexibility index (Phi) is 3.66. The number of nitro benzene ring substituents is 1. The Morgan fingerprint density at radius 2 is 2.24 bits per heavy atom. The van der Waals surface area contributed by atoms with Crippen molar-refractivity contribution in [3.05, 3.63) is 32.8 Å². The van der Waals surface area contributed by atoms with E-state index in [9.17, 15) is 10.1 Å². The lowest BCUT2D eigenvalue weighted by atomic mass is 10.0. The molecule has 1 atom stereocenters. The van der Waals surface area contributed by atoms with E-state index in [0.717, 1.165) is 29.5 Å². The molecule has 92 valence electrons. The van der Waals surface area contributed by atoms with Crippen molar-refractivity contribution in [2.24, 2.45) is 0 Å². The molecule has 2 rings (SSSR count). The standard InChI is InChI=1S/C12H15BrN2O2/c1-9-4-2-3-7-14(9)11-6-5-10(13)8-12(11)15(16)17/h5-6,8-9H,2-4,7H2,1H3. The van der Waals surface area contributed by atoms with Crippen molar-refractivity contribution < 1.29 is 4.92 Å². The minimum absolute atomic E-state index is 0.188. The first-order valence-corrected chi connectivity index (χ1v) is 6.59. The number of anilines is 1. The SMILES string of the molecule is CC1CCCCN1c1ccc(Br)cc1[N+](=O)[O-]. The summed E-state index contributed by atoms with van der Waals surface area (Å²) in [5, 5.41) is 11.1. The summed E-state index contributed by atoms with van der Waals surface area (Å²) in [6.45, 7) is 3.04. The van der Waals surface area contributed by atoms with Gasteiger partial charge in [0, 0.05) is 23.1 Å². The number of benzene rings is 1. The number of hydrogen-bond acceptors (Lipinski definition) is 3. The molecule has 1 unspecified atom stereocenters. The molecule has 1 saturated heterocycles. The molecule has 4 nitrogen and oxygen atoms in total. The Morgan fingerprint density at radius 3 is 2.88 bits per heavy atom. The van der Waals surface area contributed by atoms with Gasteiger partial charge in [0.15, 0.2) is 0 Å². The highest BCUT2D eigenvalue weighted by atomic mass is 79.9. The van der Waals surface area contributed by atoms with E-state index in [1.807, 2.05) is 12.1 Å². The van der Waals surface area contributed by atoms with Crippen molar-refractivity contribution in [3.8, 4) is 0 Å². The van der Waals surface area contributed by atoms with Gasteiger partial charge < -0.3 is 4.90 Å². The van der Waals surface area contributed by atoms with Crippen molar-refractivity contribution in [3.63, 3.8) is 0 Å². The van der Waals surface area contributed by atoms with Gasteiger partial charge in [-0.15, -0.1) is 0 Å². The Balaban J connectivity index is 2.39. The molecule has 0 radical (unpaired) electrons. The maximum atomic E-state index is 11.1. The van der Waals surface area contributed by atoms with E-state index in [1.165, 1.54) is 6.42 Å². The van der Waals surface area contributed by atoms with Gasteiger partial charge in [0.1, 0.15) is 5.69 Å². The minimum Gasteiger partial charge on any atom is -0.363 e. The van der Waals surface area contributed by atoms with E-state index in [0.29, 0.717) is 6.04 Å². The largest absolute Gasteiger partial charge is 0.363 e. The molecule has 1 aromatic carbocycles. The molecule has 0 bridgehead atoms. The van der Waals surface area contributed by atoms with Crippen molar-refractivity contribution in [2.75, 3.05) is 11.4 Å². The molecule has 5 heteroatoms. The maximum Gasteiger partial charge on any atom is 0.293 e. The van der Waals surface area contributed by atoms with E-state index < -0.39 is 0 Å². The highest BCUT2D eigenvalue weighted by Crippen LogP contribution is 2.34. The third-order valence-electron chi connectivity index (χ3n) is 3.25. The fourth-order valence-corrected chi connectivity index (χ4v) is 2.69. The summed E-state index contributed by atoms with van der Waals surface area (Å²) in [5.74, 6) is 0. The van der Waals surface area contributed by atoms with Crippen molar-refractivity contribution in [1.29, 1.82) is 0 Å². The zero-order valence-corrected chi connectivity index (χ0v) is 11.3. The van der Waals surface area contributed by atoms with E-state index in [2.05, 4.69) is 27.8 Å². The minimum atomic E-state index is -0.304. The third kappa shape index (κ3) is 2.60. The second-order valence-corrected chi connectivity index (χ2v) is 5.34. The van der Waals surface area contributed by atoms with Crippen LogP contribution in [0, 0.1) is 10.1 Å². The number of piperidine rings is 1. The first-order chi connectivity index (χ1) is 8.09. The van der Waals surface area contributed by atoms with Gasteiger partial charge in [-0.25, -0.2) is 0 Å². The molecule has 0 aromatic heterocycles. The van der Waals surface area contributed by atoms with E-state index >= 15 is 0 Å². The molecule has 0 spiro atoms. The van der Waals surface area contributed by atoms with Gasteiger partial charge in [0.05, 0.1) is 4.92 Å². The molecule has 1 heterocycles. The number of halogens is 1. The van der Waals surface area contributed by atoms with Crippen LogP contribution >= 0.6 is 15.9 Å². The zero-order valence-electron chi connectivity index (χ0n) is 9.73. The topological polar surface area (TPSA) is 46.4 Å². The Hall–Kier alpha value is -1.10. The lowest BCUT2D eigenvalue weighted by molar-refractivity contribution is -0.384. The van der Waals surface area contributed by atoms with Gasteiger partial charge >= 0.3 is 0 Å². The first-order valence-electron chi connectivity index (χ1n) is 5.80. The average Bonchev–Trinajstić information content (AvgIpc) is 2.30. The van der Waals surface area contributed by atoms with Crippen LogP contribution in [0.1, 0.15) is 26.2 Å². The summed E-state index contributed by atoms with van der Waals surface area (Å²) >= 11 is 3.28. The van der Waals surface area contributed by atoms with Crippen LogP contribution in [0.4, 0.5) is 11.4 Å². The van der Waals surface area contributed by atoms with Gasteiger partial charge in [0.2, 0.25) is 0 Å². The predicted octanol–water partition coefficient (Wildman–Crippen LogP) is 3.74. The predicted molar refractivity (Wildman–Crippen MR) is 71.5 cm³/mol. The van der Waals surface area contributed by atoms with Crippen molar-refractivity contribution in [1.82, 2.24) is 0 Å². The second-order valence-electron chi connectivity index (χ2n) is 4.43. The van der Waals surface area contributed by atoms with Gasteiger partial charge in [-0.3, -0.25) is 10.1 Å². The number of nitrogens with zero attached hydrogens (tertiary/aromatic N) is 2. The summed E-state index contributed by atoms with van der Waals surface area (Å²) in [4.78, 5) is 12.9. The lowest BCUT2D eigenvalue weighted by Crippen LogP contribution is -2.37. The lowest BCUT2D eigenvalue weighted by Gasteiger charge is -2.34. The molecule has 1 aromatic rings. The highest BCUT2D eigenvalue weighted by Gasteiger charge is 2.25. The van der Waals surface area contributed by atoms with E-state index in [1.54, 1.807) is 6.07 Å². The van der Waals surface area contributed by atoms with Gasteiger partial charge in [-0.05, 0) is 38.3 Å². The molecule has 0 saturated carbocycles. The van der Waals surface area contributed by atoms with Crippen LogP contribution in [0.2, 0.25) is 0 Å². The molecule has 0 aliphatic carbocycles. The summed E-state index contributed by atoms with van der Waals surface area (Å²) in [5.41, 5.74) is 0.929. The van der Waals surface area contributed by atoms with Crippen LogP contribution in [-0.4, -0.2) is 17.5 Å². The molecular weight excluding hydrogens is 284 g/mol. The first kappa shape index (κ1) is 12.4. The van der Waals surface area contributed by atoms with Crippen LogP contribution in [-0.2, 0) is 0 Å². The normalized spacial score (nSPS) is 20.4. The summed E-state index contributed by atoms with van der Waals surface area (Å²) < 4.78 is 0.748. The van der Waals surface area contributed by atoms with Gasteiger partial charge in [-0.1, -0.05) is 15.9 Å². The maximum absolute atomic E-state index is 11.1. The number of hydrogen-bond donors (Lipinski definition) is 0. The van der Waals surface area contributed by atoms with Crippen LogP contribution in [0.15, 0.2) is 22.7 Å². The van der Waals surface area contributed by atoms with Gasteiger partial charge in [0.25, 0.3) is 5.69 Å². The van der Waals surface area contributed by atoms with Gasteiger partial charge in [-0.2, -0.15) is 0 Å². The Bertz CT molecular complexity index is 437. The zero-order chi connectivity index (χ0) is 12.4. The van der Waals surface area contributed by atoms with Crippen molar-refractivity contribution in [2.45, 2.75) is 32.2 Å². The summed E-state index contributed by atoms with van der Waals surface area (Å²) in [6.07, 6.45) is 3.42. The Labute approximate surface area is 109 Å². The molecule has 0 N–H and O–H groups in total. The number of rotatable bonds is 2. The molecule has 1 fully saturated rings. The monoisotopic (exact) mass is 298 g/mol. The molecule has 1 aliphatic heterocycles. The molecular formula is C12H15BrN2O2. The van der Waals surface area contributed by atoms with E-state index in [4.69, 9.17) is 0 Å². The fraction of sp³-hybridized carbons (Fsp3) is 0.500. The smallest absolute Gasteiger partial charge is 0.293 e. The van der Waals surface area contributed by atoms with Crippen LogP contribution in [0.5, 0.6) is 0 Å². The average molecular weight is 299 g/mol. The summed E-state index contributed by atoms with van der Waals surface area (Å²) in [6, 6.07) is 5.66. The molecule has 17 heavy (non-hydrogen) atoms. The van der Waals surface area contributed by atoms with Crippen LogP contribution < -0.4 is 4.90 Å². The Morgan fingerprint density at radius 1 is 1.47 bits per heavy atom. The van der Waals surface area contributed by atoms with Crippen molar-refractivity contribution >= 4 is 27.3 Å². The number of nitro groups is 1. The fourth-order valence-electron chi connectivity index (χ4n) is 2.34. The molecule has 1 aliphatic rings. The molecule has 0 amide bonds. The summed E-state index contributed by atoms with van der Waals surface area (Å²) in [7, 11) is 0. The highest BCUT2D eigenvalue weighted by molar-refractivity contribution is 9.10. The van der Waals surface area contributed by atoms with Crippen LogP contribution in [0.25, 0.3) is 0 Å². The van der Waals surface area contributed by atoms with Crippen LogP contribution in [0.3, 0.4) is 0 Å². The quantitative estimate of drug-likeness (QED) is 0.617.